The summed E-state index contributed by atoms with van der Waals surface area (Å²) in [7, 11) is 0. The number of likely N-dealkylation sites (tertiary alicyclic amines) is 1. The van der Waals surface area contributed by atoms with Gasteiger partial charge in [0.1, 0.15) is 5.75 Å². The number of fused-ring (bicyclic) bond motifs is 1. The number of piperidine rings is 1. The molecule has 0 radical (unpaired) electrons. The molecule has 0 atom stereocenters. The van der Waals surface area contributed by atoms with Gasteiger partial charge < -0.3 is 15.0 Å². The molecule has 0 spiro atoms. The van der Waals surface area contributed by atoms with E-state index in [-0.39, 0.29) is 0 Å². The first-order valence-corrected chi connectivity index (χ1v) is 12.6. The molecule has 1 aliphatic heterocycles. The number of aromatic hydroxyl groups is 1. The van der Waals surface area contributed by atoms with Gasteiger partial charge in [-0.3, -0.25) is 4.90 Å². The summed E-state index contributed by atoms with van der Waals surface area (Å²) in [5, 5.41) is 14.6. The summed E-state index contributed by atoms with van der Waals surface area (Å²) in [5.41, 5.74) is 2.65. The van der Waals surface area contributed by atoms with Gasteiger partial charge in [0.2, 0.25) is 0 Å². The predicted octanol–water partition coefficient (Wildman–Crippen LogP) is 5.94. The Morgan fingerprint density at radius 2 is 1.53 bits per heavy atom. The van der Waals surface area contributed by atoms with E-state index in [9.17, 15) is 5.11 Å². The Labute approximate surface area is 193 Å². The van der Waals surface area contributed by atoms with E-state index < -0.39 is 0 Å². The number of benzene rings is 2. The molecule has 172 valence electrons. The summed E-state index contributed by atoms with van der Waals surface area (Å²) in [4.78, 5) is 2.53. The van der Waals surface area contributed by atoms with Crippen LogP contribution in [-0.4, -0.2) is 40.2 Å². The van der Waals surface area contributed by atoms with Gasteiger partial charge in [0.25, 0.3) is 0 Å². The number of phenols is 1. The number of para-hydroxylation sites is 1. The fraction of sp³-hybridized carbons (Fsp3) is 0.500. The lowest BCUT2D eigenvalue weighted by molar-refractivity contribution is 0.190. The molecule has 4 nitrogen and oxygen atoms in total. The van der Waals surface area contributed by atoms with E-state index in [0.29, 0.717) is 11.8 Å². The fourth-order valence-electron chi connectivity index (χ4n) is 4.91. The molecular weight excluding hydrogens is 394 g/mol. The molecule has 4 heteroatoms. The van der Waals surface area contributed by atoms with Crippen LogP contribution in [0.3, 0.4) is 0 Å². The number of nitrogens with zero attached hydrogens (tertiary/aromatic N) is 2. The van der Waals surface area contributed by atoms with Crippen molar-refractivity contribution in [1.82, 2.24) is 14.8 Å². The van der Waals surface area contributed by atoms with Crippen molar-refractivity contribution in [2.75, 3.05) is 19.6 Å². The van der Waals surface area contributed by atoms with Crippen LogP contribution in [0.2, 0.25) is 0 Å². The van der Waals surface area contributed by atoms with Gasteiger partial charge in [-0.25, -0.2) is 0 Å². The fourth-order valence-corrected chi connectivity index (χ4v) is 4.91. The van der Waals surface area contributed by atoms with E-state index in [1.54, 1.807) is 12.1 Å². The van der Waals surface area contributed by atoms with Gasteiger partial charge in [0.05, 0.1) is 0 Å². The first kappa shape index (κ1) is 22.9. The SMILES string of the molecule is Oc1ccc(CN2CCC(NCCCCCCCCn3ccc4ccccc43)CC2)cc1. The van der Waals surface area contributed by atoms with Gasteiger partial charge in [0.15, 0.2) is 0 Å². The molecule has 0 saturated carbocycles. The quantitative estimate of drug-likeness (QED) is 0.347. The molecule has 2 aromatic carbocycles. The van der Waals surface area contributed by atoms with Gasteiger partial charge >= 0.3 is 0 Å². The van der Waals surface area contributed by atoms with Crippen molar-refractivity contribution in [3.8, 4) is 5.75 Å². The summed E-state index contributed by atoms with van der Waals surface area (Å²) in [6, 6.07) is 19.2. The van der Waals surface area contributed by atoms with Crippen LogP contribution in [0.5, 0.6) is 5.75 Å². The Morgan fingerprint density at radius 3 is 2.34 bits per heavy atom. The Balaban J connectivity index is 0.993. The average Bonchev–Trinajstić information content (AvgIpc) is 3.24. The minimum atomic E-state index is 0.349. The van der Waals surface area contributed by atoms with Crippen molar-refractivity contribution in [3.05, 3.63) is 66.4 Å². The highest BCUT2D eigenvalue weighted by molar-refractivity contribution is 5.79. The van der Waals surface area contributed by atoms with Crippen LogP contribution in [-0.2, 0) is 13.1 Å². The van der Waals surface area contributed by atoms with E-state index >= 15 is 0 Å². The summed E-state index contributed by atoms with van der Waals surface area (Å²) >= 11 is 0. The smallest absolute Gasteiger partial charge is 0.115 e. The van der Waals surface area contributed by atoms with Gasteiger partial charge in [-0.2, -0.15) is 0 Å². The zero-order valence-corrected chi connectivity index (χ0v) is 19.4. The third kappa shape index (κ3) is 6.85. The molecule has 1 fully saturated rings. The minimum absolute atomic E-state index is 0.349. The Morgan fingerprint density at radius 1 is 0.812 bits per heavy atom. The number of hydrogen-bond donors (Lipinski definition) is 2. The van der Waals surface area contributed by atoms with Crippen molar-refractivity contribution >= 4 is 10.9 Å². The topological polar surface area (TPSA) is 40.4 Å². The van der Waals surface area contributed by atoms with Crippen molar-refractivity contribution in [2.24, 2.45) is 0 Å². The van der Waals surface area contributed by atoms with Crippen molar-refractivity contribution in [2.45, 2.75) is 70.5 Å². The zero-order chi connectivity index (χ0) is 22.0. The van der Waals surface area contributed by atoms with E-state index in [4.69, 9.17) is 0 Å². The summed E-state index contributed by atoms with van der Waals surface area (Å²) < 4.78 is 2.40. The van der Waals surface area contributed by atoms with Gasteiger partial charge in [0, 0.05) is 30.8 Å². The molecule has 0 unspecified atom stereocenters. The van der Waals surface area contributed by atoms with E-state index in [0.717, 1.165) is 32.7 Å². The van der Waals surface area contributed by atoms with Crippen LogP contribution in [0.1, 0.15) is 56.9 Å². The molecule has 0 amide bonds. The monoisotopic (exact) mass is 433 g/mol. The molecule has 2 N–H and O–H groups in total. The van der Waals surface area contributed by atoms with Gasteiger partial charge in [-0.05, 0) is 80.5 Å². The lowest BCUT2D eigenvalue weighted by Crippen LogP contribution is -2.42. The van der Waals surface area contributed by atoms with Crippen LogP contribution in [0.25, 0.3) is 10.9 Å². The molecule has 2 heterocycles. The highest BCUT2D eigenvalue weighted by Crippen LogP contribution is 2.18. The normalized spacial score (nSPS) is 15.5. The second-order valence-electron chi connectivity index (χ2n) is 9.36. The van der Waals surface area contributed by atoms with Crippen LogP contribution in [0, 0.1) is 0 Å². The van der Waals surface area contributed by atoms with Crippen molar-refractivity contribution in [3.63, 3.8) is 0 Å². The molecule has 3 aromatic rings. The molecule has 0 aliphatic carbocycles. The maximum Gasteiger partial charge on any atom is 0.115 e. The number of aromatic nitrogens is 1. The Kier molecular flexibility index (Phi) is 8.63. The van der Waals surface area contributed by atoms with Crippen molar-refractivity contribution in [1.29, 1.82) is 0 Å². The largest absolute Gasteiger partial charge is 0.508 e. The molecule has 1 aliphatic rings. The molecule has 0 bridgehead atoms. The molecule has 1 aromatic heterocycles. The first-order valence-electron chi connectivity index (χ1n) is 12.6. The number of unbranched alkanes of at least 4 members (excludes halogenated alkanes) is 5. The van der Waals surface area contributed by atoms with E-state index in [1.807, 2.05) is 12.1 Å². The first-order chi connectivity index (χ1) is 15.8. The minimum Gasteiger partial charge on any atom is -0.508 e. The highest BCUT2D eigenvalue weighted by atomic mass is 16.3. The Bertz CT molecular complexity index is 925. The number of phenolic OH excluding ortho intramolecular Hbond substituents is 1. The molecule has 32 heavy (non-hydrogen) atoms. The van der Waals surface area contributed by atoms with Crippen molar-refractivity contribution < 1.29 is 5.11 Å². The zero-order valence-electron chi connectivity index (χ0n) is 19.4. The highest BCUT2D eigenvalue weighted by Gasteiger charge is 2.18. The number of aryl methyl sites for hydroxylation is 1. The van der Waals surface area contributed by atoms with Crippen LogP contribution < -0.4 is 5.32 Å². The van der Waals surface area contributed by atoms with E-state index in [1.165, 1.54) is 67.8 Å². The second kappa shape index (κ2) is 12.1. The number of nitrogens with one attached hydrogen (secondary N) is 1. The maximum atomic E-state index is 9.42. The lowest BCUT2D eigenvalue weighted by Gasteiger charge is -2.32. The average molecular weight is 434 g/mol. The predicted molar refractivity (Wildman–Crippen MR) is 134 cm³/mol. The lowest BCUT2D eigenvalue weighted by atomic mass is 10.0. The number of rotatable bonds is 12. The summed E-state index contributed by atoms with van der Waals surface area (Å²) in [6.45, 7) is 5.62. The molecule has 1 saturated heterocycles. The van der Waals surface area contributed by atoms with Gasteiger partial charge in [-0.15, -0.1) is 0 Å². The van der Waals surface area contributed by atoms with Crippen LogP contribution >= 0.6 is 0 Å². The third-order valence-corrected chi connectivity index (χ3v) is 6.87. The van der Waals surface area contributed by atoms with Crippen LogP contribution in [0.15, 0.2) is 60.8 Å². The number of hydrogen-bond acceptors (Lipinski definition) is 3. The third-order valence-electron chi connectivity index (χ3n) is 6.87. The maximum absolute atomic E-state index is 9.42. The summed E-state index contributed by atoms with van der Waals surface area (Å²) in [5.74, 6) is 0.349. The molecule has 4 rings (SSSR count). The Hall–Kier alpha value is -2.30. The molecular formula is C28H39N3O. The van der Waals surface area contributed by atoms with Gasteiger partial charge in [-0.1, -0.05) is 56.0 Å². The van der Waals surface area contributed by atoms with E-state index in [2.05, 4.69) is 51.3 Å². The standard InChI is InChI=1S/C28H39N3O/c32-27-13-11-24(12-14-27)23-30-20-16-26(17-21-30)29-18-7-3-1-2-4-8-19-31-22-15-25-9-5-6-10-28(25)31/h5-6,9-15,22,26,29,32H,1-4,7-8,16-21,23H2. The van der Waals surface area contributed by atoms with Crippen LogP contribution in [0.4, 0.5) is 0 Å². The summed E-state index contributed by atoms with van der Waals surface area (Å²) in [6.07, 6.45) is 12.7. The second-order valence-corrected chi connectivity index (χ2v) is 9.36.